The number of nitrogens with zero attached hydrogens (tertiary/aromatic N) is 1. The molecule has 1 heterocycles. The Balaban J connectivity index is 1.90. The number of hydrogen-bond donors (Lipinski definition) is 1. The number of rotatable bonds is 3. The molecule has 0 saturated carbocycles. The van der Waals surface area contributed by atoms with Crippen molar-refractivity contribution in [1.82, 2.24) is 4.90 Å². The Bertz CT molecular complexity index is 440. The monoisotopic (exact) mass is 280 g/mol. The summed E-state index contributed by atoms with van der Waals surface area (Å²) in [5, 5.41) is 3.92. The molecule has 4 heteroatoms. The fourth-order valence-electron chi connectivity index (χ4n) is 2.40. The molecule has 0 atom stereocenters. The molecular weight excluding hydrogens is 260 g/mol. The summed E-state index contributed by atoms with van der Waals surface area (Å²) < 4.78 is 0. The van der Waals surface area contributed by atoms with Crippen LogP contribution >= 0.6 is 11.6 Å². The summed E-state index contributed by atoms with van der Waals surface area (Å²) in [6, 6.07) is 5.71. The van der Waals surface area contributed by atoms with Crippen molar-refractivity contribution in [1.29, 1.82) is 0 Å². The van der Waals surface area contributed by atoms with Gasteiger partial charge in [-0.15, -0.1) is 0 Å². The van der Waals surface area contributed by atoms with Crippen LogP contribution < -0.4 is 5.32 Å². The minimum absolute atomic E-state index is 0.182. The number of carbonyl (C=O) groups is 1. The summed E-state index contributed by atoms with van der Waals surface area (Å²) in [6.45, 7) is 4.10. The van der Waals surface area contributed by atoms with E-state index in [2.05, 4.69) is 5.32 Å². The van der Waals surface area contributed by atoms with E-state index in [9.17, 15) is 4.79 Å². The summed E-state index contributed by atoms with van der Waals surface area (Å²) in [7, 11) is 0. The Kier molecular flexibility index (Phi) is 5.08. The van der Waals surface area contributed by atoms with Crippen LogP contribution in [0.5, 0.6) is 0 Å². The van der Waals surface area contributed by atoms with Crippen molar-refractivity contribution in [3.63, 3.8) is 0 Å². The fraction of sp³-hybridized carbons (Fsp3) is 0.533. The number of nitrogens with one attached hydrogen (secondary N) is 1. The third kappa shape index (κ3) is 3.87. The lowest BCUT2D eigenvalue weighted by atomic mass is 10.2. The molecule has 1 saturated heterocycles. The standard InChI is InChI=1S/C15H21ClN2O/c1-12-13(16)7-6-8-14(12)17-11-15(19)18-9-4-2-3-5-10-18/h6-8,17H,2-5,9-11H2,1H3. The van der Waals surface area contributed by atoms with Gasteiger partial charge in [-0.05, 0) is 37.5 Å². The molecule has 0 bridgehead atoms. The van der Waals surface area contributed by atoms with Gasteiger partial charge in [0.05, 0.1) is 6.54 Å². The number of halogens is 1. The lowest BCUT2D eigenvalue weighted by Crippen LogP contribution is -2.36. The van der Waals surface area contributed by atoms with Gasteiger partial charge in [-0.2, -0.15) is 0 Å². The van der Waals surface area contributed by atoms with E-state index < -0.39 is 0 Å². The molecule has 2 rings (SSSR count). The van der Waals surface area contributed by atoms with Crippen LogP contribution in [0.3, 0.4) is 0 Å². The predicted molar refractivity (Wildman–Crippen MR) is 79.7 cm³/mol. The zero-order chi connectivity index (χ0) is 13.7. The molecule has 1 aliphatic heterocycles. The Morgan fingerprint density at radius 1 is 1.26 bits per heavy atom. The zero-order valence-electron chi connectivity index (χ0n) is 11.4. The van der Waals surface area contributed by atoms with Crippen LogP contribution in [0.15, 0.2) is 18.2 Å². The van der Waals surface area contributed by atoms with Crippen molar-refractivity contribution in [2.45, 2.75) is 32.6 Å². The number of benzene rings is 1. The van der Waals surface area contributed by atoms with E-state index >= 15 is 0 Å². The average molecular weight is 281 g/mol. The molecule has 0 aliphatic carbocycles. The first-order chi connectivity index (χ1) is 9.18. The normalized spacial score (nSPS) is 16.0. The van der Waals surface area contributed by atoms with Crippen LogP contribution in [0.4, 0.5) is 5.69 Å². The van der Waals surface area contributed by atoms with Gasteiger partial charge in [-0.1, -0.05) is 30.5 Å². The molecule has 0 unspecified atom stereocenters. The van der Waals surface area contributed by atoms with Gasteiger partial charge in [0.15, 0.2) is 0 Å². The SMILES string of the molecule is Cc1c(Cl)cccc1NCC(=O)N1CCCCCC1. The van der Waals surface area contributed by atoms with Crippen LogP contribution in [0.1, 0.15) is 31.2 Å². The van der Waals surface area contributed by atoms with Crippen LogP contribution in [0.25, 0.3) is 0 Å². The third-order valence-electron chi connectivity index (χ3n) is 3.66. The predicted octanol–water partition coefficient (Wildman–Crippen LogP) is 3.46. The molecule has 104 valence electrons. The van der Waals surface area contributed by atoms with Crippen LogP contribution in [0.2, 0.25) is 5.02 Å². The molecule has 1 aromatic carbocycles. The maximum absolute atomic E-state index is 12.2. The Hall–Kier alpha value is -1.22. The average Bonchev–Trinajstić information content (AvgIpc) is 2.69. The quantitative estimate of drug-likeness (QED) is 0.920. The first kappa shape index (κ1) is 14.2. The van der Waals surface area contributed by atoms with Gasteiger partial charge >= 0.3 is 0 Å². The second-order valence-corrected chi connectivity index (χ2v) is 5.47. The molecule has 0 aromatic heterocycles. The first-order valence-electron chi connectivity index (χ1n) is 6.95. The third-order valence-corrected chi connectivity index (χ3v) is 4.07. The molecule has 0 radical (unpaired) electrons. The number of anilines is 1. The fourth-order valence-corrected chi connectivity index (χ4v) is 2.58. The van der Waals surface area contributed by atoms with E-state index in [1.54, 1.807) is 0 Å². The van der Waals surface area contributed by atoms with Crippen molar-refractivity contribution < 1.29 is 4.79 Å². The van der Waals surface area contributed by atoms with Crippen molar-refractivity contribution in [3.05, 3.63) is 28.8 Å². The summed E-state index contributed by atoms with van der Waals surface area (Å²) in [5.41, 5.74) is 1.93. The van der Waals surface area contributed by atoms with Crippen LogP contribution in [-0.2, 0) is 4.79 Å². The van der Waals surface area contributed by atoms with Crippen molar-refractivity contribution in [2.24, 2.45) is 0 Å². The molecule has 3 nitrogen and oxygen atoms in total. The maximum atomic E-state index is 12.2. The molecule has 1 amide bonds. The van der Waals surface area contributed by atoms with Gasteiger partial charge < -0.3 is 10.2 Å². The van der Waals surface area contributed by atoms with Crippen molar-refractivity contribution in [3.8, 4) is 0 Å². The van der Waals surface area contributed by atoms with E-state index in [4.69, 9.17) is 11.6 Å². The topological polar surface area (TPSA) is 32.3 Å². The number of amides is 1. The molecule has 1 fully saturated rings. The smallest absolute Gasteiger partial charge is 0.241 e. The first-order valence-corrected chi connectivity index (χ1v) is 7.33. The largest absolute Gasteiger partial charge is 0.376 e. The molecule has 1 aliphatic rings. The zero-order valence-corrected chi connectivity index (χ0v) is 12.2. The van der Waals surface area contributed by atoms with Gasteiger partial charge in [0, 0.05) is 23.8 Å². The van der Waals surface area contributed by atoms with Crippen LogP contribution in [0, 0.1) is 6.92 Å². The van der Waals surface area contributed by atoms with Crippen molar-refractivity contribution in [2.75, 3.05) is 25.0 Å². The molecule has 0 spiro atoms. The highest BCUT2D eigenvalue weighted by Gasteiger charge is 2.15. The van der Waals surface area contributed by atoms with E-state index in [0.29, 0.717) is 6.54 Å². The van der Waals surface area contributed by atoms with E-state index in [1.807, 2.05) is 30.0 Å². The van der Waals surface area contributed by atoms with E-state index in [-0.39, 0.29) is 5.91 Å². The summed E-state index contributed by atoms with van der Waals surface area (Å²) in [4.78, 5) is 14.1. The number of hydrogen-bond acceptors (Lipinski definition) is 2. The lowest BCUT2D eigenvalue weighted by molar-refractivity contribution is -0.129. The molecular formula is C15H21ClN2O. The van der Waals surface area contributed by atoms with Crippen LogP contribution in [-0.4, -0.2) is 30.4 Å². The molecule has 1 aromatic rings. The van der Waals surface area contributed by atoms with Gasteiger partial charge in [0.25, 0.3) is 0 Å². The Labute approximate surface area is 119 Å². The summed E-state index contributed by atoms with van der Waals surface area (Å²) in [5.74, 6) is 0.182. The van der Waals surface area contributed by atoms with Gasteiger partial charge in [0.1, 0.15) is 0 Å². The van der Waals surface area contributed by atoms with Gasteiger partial charge in [-0.25, -0.2) is 0 Å². The molecule has 19 heavy (non-hydrogen) atoms. The van der Waals surface area contributed by atoms with Gasteiger partial charge in [-0.3, -0.25) is 4.79 Å². The second-order valence-electron chi connectivity index (χ2n) is 5.06. The highest BCUT2D eigenvalue weighted by molar-refractivity contribution is 6.31. The van der Waals surface area contributed by atoms with E-state index in [1.165, 1.54) is 12.8 Å². The minimum atomic E-state index is 0.182. The number of likely N-dealkylation sites (tertiary alicyclic amines) is 1. The highest BCUT2D eigenvalue weighted by Crippen LogP contribution is 2.22. The van der Waals surface area contributed by atoms with E-state index in [0.717, 1.165) is 42.2 Å². The second kappa shape index (κ2) is 6.80. The Morgan fingerprint density at radius 2 is 1.95 bits per heavy atom. The Morgan fingerprint density at radius 3 is 2.63 bits per heavy atom. The number of carbonyl (C=O) groups excluding carboxylic acids is 1. The summed E-state index contributed by atoms with van der Waals surface area (Å²) in [6.07, 6.45) is 4.74. The maximum Gasteiger partial charge on any atom is 0.241 e. The van der Waals surface area contributed by atoms with Crippen molar-refractivity contribution >= 4 is 23.2 Å². The van der Waals surface area contributed by atoms with Gasteiger partial charge in [0.2, 0.25) is 5.91 Å². The minimum Gasteiger partial charge on any atom is -0.376 e. The molecule has 1 N–H and O–H groups in total. The lowest BCUT2D eigenvalue weighted by Gasteiger charge is -2.21. The summed E-state index contributed by atoms with van der Waals surface area (Å²) >= 11 is 6.06. The highest BCUT2D eigenvalue weighted by atomic mass is 35.5.